The van der Waals surface area contributed by atoms with Gasteiger partial charge in [-0.1, -0.05) is 6.07 Å². The summed E-state index contributed by atoms with van der Waals surface area (Å²) in [7, 11) is 0. The summed E-state index contributed by atoms with van der Waals surface area (Å²) in [5, 5.41) is 9.11. The van der Waals surface area contributed by atoms with Crippen LogP contribution in [-0.2, 0) is 11.2 Å². The van der Waals surface area contributed by atoms with Gasteiger partial charge in [-0.3, -0.25) is 4.79 Å². The Morgan fingerprint density at radius 2 is 2.19 bits per heavy atom. The van der Waals surface area contributed by atoms with Crippen LogP contribution >= 0.6 is 11.6 Å². The number of phenols is 1. The molecule has 1 aromatic rings. The van der Waals surface area contributed by atoms with Crippen molar-refractivity contribution >= 4 is 17.4 Å². The average Bonchev–Trinajstić information content (AvgIpc) is 2.21. The number of Topliss-reactive ketones (excluding diaryl/α,β-unsaturated/α-hetero) is 1. The van der Waals surface area contributed by atoms with Gasteiger partial charge in [0.05, 0.1) is 5.88 Å². The standard InChI is InChI=1S/C10H9ClF2O3/c11-5-8(15)3-6-1-2-7(14)4-9(6)16-10(12)13/h1-2,4,10,14H,3,5H2. The number of alkyl halides is 3. The third-order valence-electron chi connectivity index (χ3n) is 1.80. The topological polar surface area (TPSA) is 46.5 Å². The number of phenolic OH excluding ortho intramolecular Hbond substituents is 1. The number of aromatic hydroxyl groups is 1. The lowest BCUT2D eigenvalue weighted by Crippen LogP contribution is -2.08. The summed E-state index contributed by atoms with van der Waals surface area (Å²) >= 11 is 5.30. The molecule has 0 radical (unpaired) electrons. The molecule has 16 heavy (non-hydrogen) atoms. The number of benzene rings is 1. The Morgan fingerprint density at radius 1 is 1.50 bits per heavy atom. The van der Waals surface area contributed by atoms with Gasteiger partial charge in [0.1, 0.15) is 11.5 Å². The van der Waals surface area contributed by atoms with E-state index in [-0.39, 0.29) is 35.1 Å². The Hall–Kier alpha value is -1.36. The van der Waals surface area contributed by atoms with Crippen LogP contribution in [-0.4, -0.2) is 23.4 Å². The van der Waals surface area contributed by atoms with Crippen LogP contribution in [0.15, 0.2) is 18.2 Å². The van der Waals surface area contributed by atoms with Crippen molar-refractivity contribution in [2.75, 3.05) is 5.88 Å². The smallest absolute Gasteiger partial charge is 0.387 e. The molecular formula is C10H9ClF2O3. The third kappa shape index (κ3) is 3.66. The number of rotatable bonds is 5. The predicted molar refractivity (Wildman–Crippen MR) is 54.2 cm³/mol. The Bertz CT molecular complexity index is 382. The molecule has 6 heteroatoms. The van der Waals surface area contributed by atoms with Crippen LogP contribution in [0.4, 0.5) is 8.78 Å². The molecule has 0 heterocycles. The van der Waals surface area contributed by atoms with Crippen molar-refractivity contribution in [2.45, 2.75) is 13.0 Å². The molecule has 1 N–H and O–H groups in total. The lowest BCUT2D eigenvalue weighted by Gasteiger charge is -2.10. The second kappa shape index (κ2) is 5.65. The number of ketones is 1. The van der Waals surface area contributed by atoms with E-state index in [0.29, 0.717) is 0 Å². The lowest BCUT2D eigenvalue weighted by molar-refractivity contribution is -0.116. The number of carbonyl (C=O) groups is 1. The molecular weight excluding hydrogens is 242 g/mol. The maximum atomic E-state index is 12.0. The Balaban J connectivity index is 2.93. The van der Waals surface area contributed by atoms with Crippen molar-refractivity contribution in [3.8, 4) is 11.5 Å². The fourth-order valence-corrected chi connectivity index (χ4v) is 1.25. The Morgan fingerprint density at radius 3 is 2.75 bits per heavy atom. The van der Waals surface area contributed by atoms with E-state index in [0.717, 1.165) is 6.07 Å². The first kappa shape index (κ1) is 12.7. The highest BCUT2D eigenvalue weighted by Gasteiger charge is 2.13. The molecule has 0 amide bonds. The van der Waals surface area contributed by atoms with Crippen LogP contribution in [0.1, 0.15) is 5.56 Å². The van der Waals surface area contributed by atoms with Crippen LogP contribution in [0.5, 0.6) is 11.5 Å². The first-order chi connectivity index (χ1) is 7.52. The highest BCUT2D eigenvalue weighted by Crippen LogP contribution is 2.26. The van der Waals surface area contributed by atoms with Crippen LogP contribution in [0.25, 0.3) is 0 Å². The van der Waals surface area contributed by atoms with E-state index >= 15 is 0 Å². The lowest BCUT2D eigenvalue weighted by atomic mass is 10.1. The number of hydrogen-bond donors (Lipinski definition) is 1. The van der Waals surface area contributed by atoms with Gasteiger partial charge in [-0.25, -0.2) is 0 Å². The van der Waals surface area contributed by atoms with Gasteiger partial charge in [0, 0.05) is 18.1 Å². The number of ether oxygens (including phenoxy) is 1. The van der Waals surface area contributed by atoms with Crippen LogP contribution in [0.2, 0.25) is 0 Å². The monoisotopic (exact) mass is 250 g/mol. The van der Waals surface area contributed by atoms with E-state index in [4.69, 9.17) is 16.7 Å². The summed E-state index contributed by atoms with van der Waals surface area (Å²) in [6.07, 6.45) is -0.105. The van der Waals surface area contributed by atoms with Gasteiger partial charge in [0.15, 0.2) is 5.78 Å². The maximum Gasteiger partial charge on any atom is 0.387 e. The zero-order valence-corrected chi connectivity index (χ0v) is 8.88. The van der Waals surface area contributed by atoms with Crippen molar-refractivity contribution in [3.05, 3.63) is 23.8 Å². The zero-order chi connectivity index (χ0) is 12.1. The third-order valence-corrected chi connectivity index (χ3v) is 2.10. The number of halogens is 3. The zero-order valence-electron chi connectivity index (χ0n) is 8.12. The van der Waals surface area contributed by atoms with E-state index in [9.17, 15) is 13.6 Å². The molecule has 1 rings (SSSR count). The van der Waals surface area contributed by atoms with Gasteiger partial charge in [0.25, 0.3) is 0 Å². The molecule has 0 aromatic heterocycles. The quantitative estimate of drug-likeness (QED) is 0.816. The molecule has 0 saturated carbocycles. The van der Waals surface area contributed by atoms with Crippen LogP contribution in [0, 0.1) is 0 Å². The normalized spacial score (nSPS) is 10.5. The minimum absolute atomic E-state index is 0.105. The van der Waals surface area contributed by atoms with Gasteiger partial charge in [-0.05, 0) is 6.07 Å². The highest BCUT2D eigenvalue weighted by atomic mass is 35.5. The molecule has 1 aromatic carbocycles. The molecule has 88 valence electrons. The van der Waals surface area contributed by atoms with E-state index < -0.39 is 6.61 Å². The SMILES string of the molecule is O=C(CCl)Cc1ccc(O)cc1OC(F)F. The van der Waals surface area contributed by atoms with E-state index in [1.54, 1.807) is 0 Å². The minimum Gasteiger partial charge on any atom is -0.508 e. The minimum atomic E-state index is -3.01. The van der Waals surface area contributed by atoms with Gasteiger partial charge in [0.2, 0.25) is 0 Å². The molecule has 3 nitrogen and oxygen atoms in total. The largest absolute Gasteiger partial charge is 0.508 e. The number of hydrogen-bond acceptors (Lipinski definition) is 3. The summed E-state index contributed by atoms with van der Waals surface area (Å²) in [6, 6.07) is 3.66. The van der Waals surface area contributed by atoms with Gasteiger partial charge in [-0.2, -0.15) is 8.78 Å². The van der Waals surface area contributed by atoms with Crippen molar-refractivity contribution in [2.24, 2.45) is 0 Å². The Labute approximate surface area is 95.6 Å². The average molecular weight is 251 g/mol. The predicted octanol–water partition coefficient (Wildman–Crippen LogP) is 2.34. The molecule has 0 fully saturated rings. The second-order valence-electron chi connectivity index (χ2n) is 3.02. The van der Waals surface area contributed by atoms with Gasteiger partial charge >= 0.3 is 6.61 Å². The Kier molecular flexibility index (Phi) is 4.49. The molecule has 0 aliphatic heterocycles. The maximum absolute atomic E-state index is 12.0. The molecule has 0 bridgehead atoms. The van der Waals surface area contributed by atoms with Crippen LogP contribution < -0.4 is 4.74 Å². The van der Waals surface area contributed by atoms with E-state index in [1.807, 2.05) is 0 Å². The van der Waals surface area contributed by atoms with Crippen molar-refractivity contribution in [1.29, 1.82) is 0 Å². The van der Waals surface area contributed by atoms with E-state index in [1.165, 1.54) is 12.1 Å². The van der Waals surface area contributed by atoms with Crippen molar-refractivity contribution in [3.63, 3.8) is 0 Å². The second-order valence-corrected chi connectivity index (χ2v) is 3.29. The fraction of sp³-hybridized carbons (Fsp3) is 0.300. The van der Waals surface area contributed by atoms with Crippen LogP contribution in [0.3, 0.4) is 0 Å². The molecule has 0 atom stereocenters. The van der Waals surface area contributed by atoms with Crippen molar-refractivity contribution in [1.82, 2.24) is 0 Å². The number of carbonyl (C=O) groups excluding carboxylic acids is 1. The fourth-order valence-electron chi connectivity index (χ4n) is 1.15. The summed E-state index contributed by atoms with van der Waals surface area (Å²) in [5.41, 5.74) is 0.267. The molecule has 0 saturated heterocycles. The molecule has 0 unspecified atom stereocenters. The summed E-state index contributed by atoms with van der Waals surface area (Å²) < 4.78 is 28.3. The van der Waals surface area contributed by atoms with E-state index in [2.05, 4.69) is 4.74 Å². The summed E-state index contributed by atoms with van der Waals surface area (Å²) in [5.74, 6) is -0.938. The van der Waals surface area contributed by atoms with Crippen molar-refractivity contribution < 1.29 is 23.4 Å². The summed E-state index contributed by atoms with van der Waals surface area (Å²) in [4.78, 5) is 11.1. The molecule has 0 aliphatic carbocycles. The first-order valence-electron chi connectivity index (χ1n) is 4.37. The highest BCUT2D eigenvalue weighted by molar-refractivity contribution is 6.27. The van der Waals surface area contributed by atoms with Gasteiger partial charge < -0.3 is 9.84 Å². The summed E-state index contributed by atoms with van der Waals surface area (Å²) in [6.45, 7) is -3.01. The molecule has 0 aliphatic rings. The molecule has 0 spiro atoms. The van der Waals surface area contributed by atoms with Gasteiger partial charge in [-0.15, -0.1) is 11.6 Å². The first-order valence-corrected chi connectivity index (χ1v) is 4.90.